The van der Waals surface area contributed by atoms with Gasteiger partial charge >= 0.3 is 0 Å². The third-order valence-corrected chi connectivity index (χ3v) is 8.31. The van der Waals surface area contributed by atoms with Gasteiger partial charge in [-0.2, -0.15) is 0 Å². The largest absolute Gasteiger partial charge is 0.395 e. The van der Waals surface area contributed by atoms with Crippen LogP contribution in [0.2, 0.25) is 4.34 Å². The quantitative estimate of drug-likeness (QED) is 0.602. The summed E-state index contributed by atoms with van der Waals surface area (Å²) in [6, 6.07) is 13.3. The molecule has 1 aromatic carbocycles. The van der Waals surface area contributed by atoms with Crippen LogP contribution in [0.1, 0.15) is 31.2 Å². The highest BCUT2D eigenvalue weighted by molar-refractivity contribution is 7.91. The minimum atomic E-state index is -3.65. The maximum absolute atomic E-state index is 12.5. The molecule has 0 saturated heterocycles. The Kier molecular flexibility index (Phi) is 7.30. The van der Waals surface area contributed by atoms with E-state index < -0.39 is 16.1 Å². The number of hydrogen-bond donors (Lipinski definition) is 3. The Morgan fingerprint density at radius 1 is 1.11 bits per heavy atom. The zero-order valence-corrected chi connectivity index (χ0v) is 17.4. The molecule has 1 aliphatic rings. The third-order valence-electron chi connectivity index (χ3n) is 5.10. The molecule has 0 spiro atoms. The molecule has 0 aliphatic heterocycles. The van der Waals surface area contributed by atoms with Gasteiger partial charge in [-0.25, -0.2) is 13.1 Å². The number of thiophene rings is 1. The van der Waals surface area contributed by atoms with Crippen LogP contribution >= 0.6 is 22.9 Å². The van der Waals surface area contributed by atoms with Crippen LogP contribution in [0.3, 0.4) is 0 Å². The van der Waals surface area contributed by atoms with Gasteiger partial charge < -0.3 is 10.4 Å². The van der Waals surface area contributed by atoms with E-state index in [9.17, 15) is 13.5 Å². The van der Waals surface area contributed by atoms with Gasteiger partial charge in [0.1, 0.15) is 4.21 Å². The lowest BCUT2D eigenvalue weighted by Crippen LogP contribution is -2.45. The predicted octanol–water partition coefficient (Wildman–Crippen LogP) is 3.39. The Hall–Kier alpha value is -0.960. The zero-order valence-electron chi connectivity index (χ0n) is 15.0. The standard InChI is InChI=1S/C19H25ClN2O3S2/c20-18-10-11-19(26-18)27(24,25)22-17(13-23)15-6-8-16(9-7-15)21-12-14-4-2-1-3-5-14/h1-5,10-11,15-17,21-23H,6-9,12-13H2/t15?,16?,17-/m1/s1. The molecule has 1 fully saturated rings. The van der Waals surface area contributed by atoms with E-state index in [1.165, 1.54) is 11.6 Å². The zero-order chi connectivity index (χ0) is 19.3. The second-order valence-corrected chi connectivity index (χ2v) is 10.6. The van der Waals surface area contributed by atoms with E-state index in [-0.39, 0.29) is 16.7 Å². The predicted molar refractivity (Wildman–Crippen MR) is 110 cm³/mol. The van der Waals surface area contributed by atoms with Crippen molar-refractivity contribution in [1.29, 1.82) is 0 Å². The monoisotopic (exact) mass is 428 g/mol. The fourth-order valence-corrected chi connectivity index (χ4v) is 6.36. The molecule has 3 rings (SSSR count). The molecule has 1 saturated carbocycles. The van der Waals surface area contributed by atoms with Crippen molar-refractivity contribution in [3.8, 4) is 0 Å². The van der Waals surface area contributed by atoms with Crippen molar-refractivity contribution in [2.24, 2.45) is 5.92 Å². The molecule has 1 aliphatic carbocycles. The van der Waals surface area contributed by atoms with Crippen LogP contribution in [0, 0.1) is 5.92 Å². The van der Waals surface area contributed by atoms with E-state index in [4.69, 9.17) is 11.6 Å². The van der Waals surface area contributed by atoms with Gasteiger partial charge in [-0.1, -0.05) is 41.9 Å². The molecule has 148 valence electrons. The van der Waals surface area contributed by atoms with Crippen LogP contribution in [0.25, 0.3) is 0 Å². The van der Waals surface area contributed by atoms with Crippen molar-refractivity contribution >= 4 is 33.0 Å². The minimum Gasteiger partial charge on any atom is -0.395 e. The molecular formula is C19H25ClN2O3S2. The number of rotatable bonds is 8. The van der Waals surface area contributed by atoms with Gasteiger partial charge in [-0.3, -0.25) is 0 Å². The highest BCUT2D eigenvalue weighted by atomic mass is 35.5. The maximum atomic E-state index is 12.5. The second kappa shape index (κ2) is 9.49. The molecular weight excluding hydrogens is 404 g/mol. The first-order chi connectivity index (χ1) is 13.0. The first kappa shape index (κ1) is 20.8. The van der Waals surface area contributed by atoms with E-state index >= 15 is 0 Å². The Balaban J connectivity index is 1.51. The van der Waals surface area contributed by atoms with Crippen molar-refractivity contribution in [2.75, 3.05) is 6.61 Å². The molecule has 0 amide bonds. The van der Waals surface area contributed by atoms with Gasteiger partial charge in [0.15, 0.2) is 0 Å². The highest BCUT2D eigenvalue weighted by Gasteiger charge is 2.31. The van der Waals surface area contributed by atoms with E-state index in [1.54, 1.807) is 6.07 Å². The van der Waals surface area contributed by atoms with Crippen LogP contribution in [0.15, 0.2) is 46.7 Å². The summed E-state index contributed by atoms with van der Waals surface area (Å²) in [5.41, 5.74) is 1.26. The van der Waals surface area contributed by atoms with Gasteiger partial charge in [0.2, 0.25) is 10.0 Å². The smallest absolute Gasteiger partial charge is 0.250 e. The average Bonchev–Trinajstić information content (AvgIpc) is 3.13. The van der Waals surface area contributed by atoms with E-state index in [2.05, 4.69) is 22.2 Å². The fourth-order valence-electron chi connectivity index (χ4n) is 3.57. The van der Waals surface area contributed by atoms with Gasteiger partial charge in [-0.05, 0) is 49.3 Å². The first-order valence-corrected chi connectivity index (χ1v) is 11.8. The summed E-state index contributed by atoms with van der Waals surface area (Å²) in [6.07, 6.45) is 3.71. The Morgan fingerprint density at radius 3 is 2.41 bits per heavy atom. The molecule has 0 bridgehead atoms. The number of sulfonamides is 1. The number of hydrogen-bond acceptors (Lipinski definition) is 5. The lowest BCUT2D eigenvalue weighted by molar-refractivity contribution is 0.175. The van der Waals surface area contributed by atoms with Crippen molar-refractivity contribution < 1.29 is 13.5 Å². The number of benzene rings is 1. The van der Waals surface area contributed by atoms with Gasteiger partial charge in [-0.15, -0.1) is 11.3 Å². The molecule has 27 heavy (non-hydrogen) atoms. The maximum Gasteiger partial charge on any atom is 0.250 e. The Morgan fingerprint density at radius 2 is 1.81 bits per heavy atom. The molecule has 2 aromatic rings. The van der Waals surface area contributed by atoms with E-state index in [1.807, 2.05) is 18.2 Å². The van der Waals surface area contributed by atoms with Crippen LogP contribution in [0.5, 0.6) is 0 Å². The second-order valence-electron chi connectivity index (χ2n) is 6.95. The van der Waals surface area contributed by atoms with Crippen LogP contribution in [-0.4, -0.2) is 32.2 Å². The van der Waals surface area contributed by atoms with Crippen molar-refractivity contribution in [3.05, 3.63) is 52.4 Å². The Bertz CT molecular complexity index is 818. The lowest BCUT2D eigenvalue weighted by atomic mass is 9.82. The Labute approximate surface area is 169 Å². The first-order valence-electron chi connectivity index (χ1n) is 9.14. The fraction of sp³-hybridized carbons (Fsp3) is 0.474. The highest BCUT2D eigenvalue weighted by Crippen LogP contribution is 2.30. The number of aliphatic hydroxyl groups is 1. The van der Waals surface area contributed by atoms with Crippen molar-refractivity contribution in [1.82, 2.24) is 10.0 Å². The van der Waals surface area contributed by atoms with Gasteiger partial charge in [0.25, 0.3) is 0 Å². The van der Waals surface area contributed by atoms with Gasteiger partial charge in [0.05, 0.1) is 10.9 Å². The lowest BCUT2D eigenvalue weighted by Gasteiger charge is -2.33. The summed E-state index contributed by atoms with van der Waals surface area (Å²) in [5.74, 6) is 0.134. The molecule has 1 aromatic heterocycles. The molecule has 0 radical (unpaired) electrons. The number of halogens is 1. The van der Waals surface area contributed by atoms with Gasteiger partial charge in [0, 0.05) is 18.6 Å². The molecule has 1 heterocycles. The van der Waals surface area contributed by atoms with Crippen molar-refractivity contribution in [3.63, 3.8) is 0 Å². The summed E-state index contributed by atoms with van der Waals surface area (Å²) in [7, 11) is -3.65. The summed E-state index contributed by atoms with van der Waals surface area (Å²) in [4.78, 5) is 0. The van der Waals surface area contributed by atoms with Crippen LogP contribution in [-0.2, 0) is 16.6 Å². The minimum absolute atomic E-state index is 0.134. The molecule has 0 unspecified atom stereocenters. The molecule has 8 heteroatoms. The van der Waals surface area contributed by atoms with E-state index in [0.717, 1.165) is 43.6 Å². The van der Waals surface area contributed by atoms with Crippen LogP contribution in [0.4, 0.5) is 0 Å². The molecule has 5 nitrogen and oxygen atoms in total. The average molecular weight is 429 g/mol. The number of aliphatic hydroxyl groups excluding tert-OH is 1. The van der Waals surface area contributed by atoms with Crippen LogP contribution < -0.4 is 10.0 Å². The third kappa shape index (κ3) is 5.76. The van der Waals surface area contributed by atoms with E-state index in [0.29, 0.717) is 10.4 Å². The number of nitrogens with one attached hydrogen (secondary N) is 2. The SMILES string of the molecule is O=S(=O)(N[C@H](CO)C1CCC(NCc2ccccc2)CC1)c1ccc(Cl)s1. The summed E-state index contributed by atoms with van der Waals surface area (Å²) in [6.45, 7) is 0.635. The summed E-state index contributed by atoms with van der Waals surface area (Å²) >= 11 is 6.87. The normalized spacial score (nSPS) is 21.9. The molecule has 3 N–H and O–H groups in total. The summed E-state index contributed by atoms with van der Waals surface area (Å²) in [5, 5.41) is 13.3. The summed E-state index contributed by atoms with van der Waals surface area (Å²) < 4.78 is 28.3. The van der Waals surface area contributed by atoms with Crippen molar-refractivity contribution in [2.45, 2.75) is 48.5 Å². The topological polar surface area (TPSA) is 78.4 Å². The molecule has 1 atom stereocenters.